The molecule has 0 N–H and O–H groups in total. The summed E-state index contributed by atoms with van der Waals surface area (Å²) in [6, 6.07) is 7.98. The van der Waals surface area contributed by atoms with Gasteiger partial charge in [0.1, 0.15) is 17.0 Å². The van der Waals surface area contributed by atoms with E-state index in [1.807, 2.05) is 43.0 Å². The fourth-order valence-electron chi connectivity index (χ4n) is 3.72. The largest absolute Gasteiger partial charge is 0.451 e. The Morgan fingerprint density at radius 3 is 2.81 bits per heavy atom. The first-order valence-electron chi connectivity index (χ1n) is 9.23. The van der Waals surface area contributed by atoms with Gasteiger partial charge in [0.25, 0.3) is 5.91 Å². The number of carbonyl (C=O) groups is 1. The molecule has 0 spiro atoms. The van der Waals surface area contributed by atoms with Crippen LogP contribution in [-0.2, 0) is 0 Å². The highest BCUT2D eigenvalue weighted by Crippen LogP contribution is 2.35. The molecule has 1 saturated heterocycles. The van der Waals surface area contributed by atoms with Gasteiger partial charge in [-0.05, 0) is 38.3 Å². The Morgan fingerprint density at radius 2 is 2.08 bits per heavy atom. The van der Waals surface area contributed by atoms with Crippen molar-refractivity contribution >= 4 is 16.9 Å². The van der Waals surface area contributed by atoms with Crippen molar-refractivity contribution in [1.82, 2.24) is 10.1 Å². The smallest absolute Gasteiger partial charge is 0.290 e. The van der Waals surface area contributed by atoms with Gasteiger partial charge in [-0.1, -0.05) is 31.1 Å². The summed E-state index contributed by atoms with van der Waals surface area (Å²) >= 11 is 0. The quantitative estimate of drug-likeness (QED) is 0.655. The molecule has 1 amide bonds. The number of amides is 1. The van der Waals surface area contributed by atoms with Gasteiger partial charge in [-0.15, -0.1) is 0 Å². The van der Waals surface area contributed by atoms with E-state index < -0.39 is 0 Å². The van der Waals surface area contributed by atoms with Crippen LogP contribution in [0.25, 0.3) is 11.0 Å². The first-order chi connectivity index (χ1) is 12.5. The van der Waals surface area contributed by atoms with Crippen LogP contribution < -0.4 is 0 Å². The van der Waals surface area contributed by atoms with Crippen molar-refractivity contribution in [2.24, 2.45) is 0 Å². The van der Waals surface area contributed by atoms with Crippen LogP contribution in [0.15, 0.2) is 33.2 Å². The number of nitrogens with zero attached hydrogens (tertiary/aromatic N) is 2. The maximum atomic E-state index is 13.2. The zero-order valence-electron chi connectivity index (χ0n) is 15.7. The molecule has 1 aliphatic rings. The monoisotopic (exact) mass is 352 g/mol. The van der Waals surface area contributed by atoms with Gasteiger partial charge in [0, 0.05) is 29.5 Å². The van der Waals surface area contributed by atoms with Crippen LogP contribution in [0.1, 0.15) is 71.8 Å². The molecule has 0 radical (unpaired) electrons. The van der Waals surface area contributed by atoms with Crippen molar-refractivity contribution in [3.63, 3.8) is 0 Å². The maximum Gasteiger partial charge on any atom is 0.290 e. The van der Waals surface area contributed by atoms with E-state index in [4.69, 9.17) is 8.94 Å². The van der Waals surface area contributed by atoms with E-state index in [9.17, 15) is 4.79 Å². The van der Waals surface area contributed by atoms with E-state index in [0.717, 1.165) is 46.4 Å². The number of carbonyl (C=O) groups excluding carboxylic acids is 1. The second-order valence-electron chi connectivity index (χ2n) is 7.52. The van der Waals surface area contributed by atoms with E-state index in [1.54, 1.807) is 0 Å². The average molecular weight is 352 g/mol. The number of fused-ring (bicyclic) bond motifs is 1. The minimum atomic E-state index is -0.0621. The molecule has 5 heteroatoms. The van der Waals surface area contributed by atoms with Gasteiger partial charge < -0.3 is 13.8 Å². The summed E-state index contributed by atoms with van der Waals surface area (Å²) in [5.41, 5.74) is 3.63. The molecule has 3 aromatic rings. The van der Waals surface area contributed by atoms with Crippen molar-refractivity contribution in [2.75, 3.05) is 6.54 Å². The molecule has 0 unspecified atom stereocenters. The Balaban J connectivity index is 1.67. The standard InChI is InChI=1S/C21H24N2O3/c1-12(2)18-11-16(22-26-18)17-6-5-9-23(17)21(24)20-14(4)15-8-7-13(3)10-19(15)25-20/h7-8,10-12,17H,5-6,9H2,1-4H3/t17-/m0/s1. The summed E-state index contributed by atoms with van der Waals surface area (Å²) in [7, 11) is 0. The molecule has 1 aromatic carbocycles. The molecule has 1 atom stereocenters. The number of benzene rings is 1. The van der Waals surface area contributed by atoms with Gasteiger partial charge in [-0.25, -0.2) is 0 Å². The molecule has 1 aliphatic heterocycles. The molecule has 26 heavy (non-hydrogen) atoms. The Bertz CT molecular complexity index is 967. The molecular formula is C21H24N2O3. The molecule has 0 bridgehead atoms. The molecule has 136 valence electrons. The summed E-state index contributed by atoms with van der Waals surface area (Å²) in [6.45, 7) is 8.82. The van der Waals surface area contributed by atoms with Crippen LogP contribution in [0.5, 0.6) is 0 Å². The van der Waals surface area contributed by atoms with E-state index in [0.29, 0.717) is 12.3 Å². The summed E-state index contributed by atoms with van der Waals surface area (Å²) in [6.07, 6.45) is 1.85. The molecule has 3 heterocycles. The zero-order valence-corrected chi connectivity index (χ0v) is 15.7. The lowest BCUT2D eigenvalue weighted by molar-refractivity contribution is 0.0700. The molecule has 5 nitrogen and oxygen atoms in total. The van der Waals surface area contributed by atoms with Gasteiger partial charge in [-0.2, -0.15) is 0 Å². The number of rotatable bonds is 3. The number of aromatic nitrogens is 1. The van der Waals surface area contributed by atoms with Crippen LogP contribution in [0, 0.1) is 13.8 Å². The van der Waals surface area contributed by atoms with Crippen LogP contribution >= 0.6 is 0 Å². The van der Waals surface area contributed by atoms with Crippen LogP contribution in [0.3, 0.4) is 0 Å². The summed E-state index contributed by atoms with van der Waals surface area (Å²) in [5.74, 6) is 1.51. The third-order valence-corrected chi connectivity index (χ3v) is 5.26. The van der Waals surface area contributed by atoms with Gasteiger partial charge >= 0.3 is 0 Å². The first kappa shape index (κ1) is 16.9. The number of hydrogen-bond acceptors (Lipinski definition) is 4. The van der Waals surface area contributed by atoms with E-state index >= 15 is 0 Å². The average Bonchev–Trinajstić information content (AvgIpc) is 3.32. The molecule has 0 aliphatic carbocycles. The highest BCUT2D eigenvalue weighted by atomic mass is 16.5. The van der Waals surface area contributed by atoms with Gasteiger partial charge in [0.2, 0.25) is 0 Å². The van der Waals surface area contributed by atoms with Crippen LogP contribution in [-0.4, -0.2) is 22.5 Å². The van der Waals surface area contributed by atoms with E-state index in [-0.39, 0.29) is 17.9 Å². The third-order valence-electron chi connectivity index (χ3n) is 5.26. The van der Waals surface area contributed by atoms with E-state index in [1.165, 1.54) is 0 Å². The minimum absolute atomic E-state index is 0.0481. The Kier molecular flexibility index (Phi) is 4.10. The summed E-state index contributed by atoms with van der Waals surface area (Å²) in [4.78, 5) is 15.1. The number of likely N-dealkylation sites (tertiary alicyclic amines) is 1. The minimum Gasteiger partial charge on any atom is -0.451 e. The zero-order chi connectivity index (χ0) is 18.4. The van der Waals surface area contributed by atoms with Gasteiger partial charge in [0.05, 0.1) is 6.04 Å². The lowest BCUT2D eigenvalue weighted by atomic mass is 10.1. The maximum absolute atomic E-state index is 13.2. The lowest BCUT2D eigenvalue weighted by Gasteiger charge is -2.22. The Morgan fingerprint density at radius 1 is 1.27 bits per heavy atom. The Labute approximate surface area is 152 Å². The fraction of sp³-hybridized carbons (Fsp3) is 0.429. The highest BCUT2D eigenvalue weighted by Gasteiger charge is 2.35. The molecule has 0 saturated carbocycles. The molecular weight excluding hydrogens is 328 g/mol. The topological polar surface area (TPSA) is 59.5 Å². The normalized spacial score (nSPS) is 17.6. The van der Waals surface area contributed by atoms with Crippen molar-refractivity contribution in [3.05, 3.63) is 52.6 Å². The SMILES string of the molecule is Cc1ccc2c(C)c(C(=O)N3CCC[C@H]3c3cc(C(C)C)on3)oc2c1. The number of furan rings is 1. The van der Waals surface area contributed by atoms with Crippen molar-refractivity contribution in [3.8, 4) is 0 Å². The highest BCUT2D eigenvalue weighted by molar-refractivity contribution is 5.99. The first-order valence-corrected chi connectivity index (χ1v) is 9.23. The predicted molar refractivity (Wildman–Crippen MR) is 99.3 cm³/mol. The molecule has 2 aromatic heterocycles. The van der Waals surface area contributed by atoms with Crippen molar-refractivity contribution in [1.29, 1.82) is 0 Å². The lowest BCUT2D eigenvalue weighted by Crippen LogP contribution is -2.30. The predicted octanol–water partition coefficient (Wildman–Crippen LogP) is 5.14. The molecule has 1 fully saturated rings. The molecule has 4 rings (SSSR count). The fourth-order valence-corrected chi connectivity index (χ4v) is 3.72. The van der Waals surface area contributed by atoms with Crippen molar-refractivity contribution < 1.29 is 13.7 Å². The second kappa shape index (κ2) is 6.31. The van der Waals surface area contributed by atoms with Crippen LogP contribution in [0.2, 0.25) is 0 Å². The van der Waals surface area contributed by atoms with Crippen LogP contribution in [0.4, 0.5) is 0 Å². The number of aryl methyl sites for hydroxylation is 2. The summed E-state index contributed by atoms with van der Waals surface area (Å²) in [5, 5.41) is 5.22. The van der Waals surface area contributed by atoms with Crippen molar-refractivity contribution in [2.45, 2.75) is 52.5 Å². The van der Waals surface area contributed by atoms with Gasteiger partial charge in [0.15, 0.2) is 5.76 Å². The summed E-state index contributed by atoms with van der Waals surface area (Å²) < 4.78 is 11.4. The van der Waals surface area contributed by atoms with Gasteiger partial charge in [-0.3, -0.25) is 4.79 Å². The Hall–Kier alpha value is -2.56. The third kappa shape index (κ3) is 2.71. The van der Waals surface area contributed by atoms with E-state index in [2.05, 4.69) is 19.0 Å². The second-order valence-corrected chi connectivity index (χ2v) is 7.52. The number of hydrogen-bond donors (Lipinski definition) is 0.